The van der Waals surface area contributed by atoms with Crippen LogP contribution in [0.5, 0.6) is 0 Å². The Kier molecular flexibility index (Phi) is 4.87. The van der Waals surface area contributed by atoms with Crippen LogP contribution in [0.2, 0.25) is 0 Å². The quantitative estimate of drug-likeness (QED) is 0.810. The lowest BCUT2D eigenvalue weighted by atomic mass is 9.80. The zero-order valence-electron chi connectivity index (χ0n) is 12.1. The monoisotopic (exact) mass is 335 g/mol. The summed E-state index contributed by atoms with van der Waals surface area (Å²) in [5, 5.41) is 9.18. The molecule has 0 bridgehead atoms. The minimum atomic E-state index is -2.90. The number of carbonyl (C=O) groups excluding carboxylic acids is 1. The summed E-state index contributed by atoms with van der Waals surface area (Å²) in [7, 11) is -2.90. The lowest BCUT2D eigenvalue weighted by Gasteiger charge is -2.36. The second-order valence-electron chi connectivity index (χ2n) is 6.08. The minimum absolute atomic E-state index is 0.0169. The third kappa shape index (κ3) is 4.12. The number of thioether (sulfide) groups is 1. The fraction of sp³-hybridized carbons (Fsp3) is 0.846. The zero-order valence-corrected chi connectivity index (χ0v) is 13.7. The van der Waals surface area contributed by atoms with Gasteiger partial charge in [-0.05, 0) is 26.2 Å². The highest BCUT2D eigenvalue weighted by Gasteiger charge is 2.38. The number of amides is 1. The summed E-state index contributed by atoms with van der Waals surface area (Å²) in [6.45, 7) is 2.64. The lowest BCUT2D eigenvalue weighted by molar-refractivity contribution is -0.152. The SMILES string of the molecule is CC1(C(=O)O)CCN(C(=O)CSC2CCS(=O)(=O)C2)CC1. The van der Waals surface area contributed by atoms with Gasteiger partial charge in [0, 0.05) is 18.3 Å². The molecular formula is C13H21NO5S2. The molecule has 1 amide bonds. The largest absolute Gasteiger partial charge is 0.481 e. The molecule has 1 atom stereocenters. The van der Waals surface area contributed by atoms with Crippen LogP contribution in [-0.4, -0.2) is 65.9 Å². The maximum Gasteiger partial charge on any atom is 0.309 e. The van der Waals surface area contributed by atoms with Crippen molar-refractivity contribution >= 4 is 33.5 Å². The first-order chi connectivity index (χ1) is 9.72. The van der Waals surface area contributed by atoms with Crippen LogP contribution >= 0.6 is 11.8 Å². The molecule has 0 radical (unpaired) electrons. The van der Waals surface area contributed by atoms with E-state index in [0.29, 0.717) is 32.4 Å². The fourth-order valence-electron chi connectivity index (χ4n) is 2.64. The highest BCUT2D eigenvalue weighted by atomic mass is 32.2. The van der Waals surface area contributed by atoms with Gasteiger partial charge in [-0.25, -0.2) is 8.42 Å². The molecule has 2 saturated heterocycles. The standard InChI is InChI=1S/C13H21NO5S2/c1-13(12(16)17)3-5-14(6-4-13)11(15)8-20-10-2-7-21(18,19)9-10/h10H,2-9H2,1H3,(H,16,17). The molecule has 6 nitrogen and oxygen atoms in total. The molecule has 2 fully saturated rings. The number of rotatable bonds is 4. The van der Waals surface area contributed by atoms with Gasteiger partial charge in [0.2, 0.25) is 5.91 Å². The number of sulfone groups is 1. The number of nitrogens with zero attached hydrogens (tertiary/aromatic N) is 1. The second-order valence-corrected chi connectivity index (χ2v) is 9.60. The summed E-state index contributed by atoms with van der Waals surface area (Å²) in [5.41, 5.74) is -0.733. The number of carboxylic acids is 1. The Morgan fingerprint density at radius 1 is 1.33 bits per heavy atom. The molecule has 0 saturated carbocycles. The van der Waals surface area contributed by atoms with Gasteiger partial charge in [-0.2, -0.15) is 0 Å². The van der Waals surface area contributed by atoms with Crippen LogP contribution in [0, 0.1) is 5.41 Å². The Morgan fingerprint density at radius 2 is 1.95 bits per heavy atom. The number of likely N-dealkylation sites (tertiary alicyclic amines) is 1. The maximum atomic E-state index is 12.1. The van der Waals surface area contributed by atoms with Crippen molar-refractivity contribution < 1.29 is 23.1 Å². The van der Waals surface area contributed by atoms with Crippen LogP contribution < -0.4 is 0 Å². The van der Waals surface area contributed by atoms with Crippen molar-refractivity contribution in [1.29, 1.82) is 0 Å². The van der Waals surface area contributed by atoms with Crippen LogP contribution in [0.25, 0.3) is 0 Å². The first-order valence-electron chi connectivity index (χ1n) is 7.05. The molecule has 8 heteroatoms. The molecule has 1 N–H and O–H groups in total. The highest BCUT2D eigenvalue weighted by molar-refractivity contribution is 8.02. The summed E-state index contributed by atoms with van der Waals surface area (Å²) in [4.78, 5) is 24.9. The average molecular weight is 335 g/mol. The van der Waals surface area contributed by atoms with Crippen LogP contribution in [0.4, 0.5) is 0 Å². The Hall–Kier alpha value is -0.760. The van der Waals surface area contributed by atoms with Gasteiger partial charge < -0.3 is 10.0 Å². The summed E-state index contributed by atoms with van der Waals surface area (Å²) in [6, 6.07) is 0. The second kappa shape index (κ2) is 6.16. The van der Waals surface area contributed by atoms with Crippen LogP contribution in [-0.2, 0) is 19.4 Å². The molecule has 0 aromatic carbocycles. The molecule has 0 aromatic rings. The minimum Gasteiger partial charge on any atom is -0.481 e. The number of hydrogen-bond donors (Lipinski definition) is 1. The molecular weight excluding hydrogens is 314 g/mol. The fourth-order valence-corrected chi connectivity index (χ4v) is 6.18. The van der Waals surface area contributed by atoms with Gasteiger partial charge in [0.05, 0.1) is 22.7 Å². The molecule has 2 heterocycles. The van der Waals surface area contributed by atoms with Crippen molar-refractivity contribution in [1.82, 2.24) is 4.90 Å². The molecule has 2 aliphatic rings. The zero-order chi connectivity index (χ0) is 15.7. The van der Waals surface area contributed by atoms with Gasteiger partial charge in [-0.1, -0.05) is 0 Å². The Balaban J connectivity index is 1.77. The van der Waals surface area contributed by atoms with Gasteiger partial charge in [-0.15, -0.1) is 11.8 Å². The van der Waals surface area contributed by atoms with Crippen LogP contribution in [0.1, 0.15) is 26.2 Å². The van der Waals surface area contributed by atoms with Gasteiger partial charge in [0.25, 0.3) is 0 Å². The van der Waals surface area contributed by atoms with Crippen molar-refractivity contribution in [3.8, 4) is 0 Å². The third-order valence-corrected chi connectivity index (χ3v) is 7.64. The van der Waals surface area contributed by atoms with Gasteiger partial charge in [-0.3, -0.25) is 9.59 Å². The van der Waals surface area contributed by atoms with Crippen molar-refractivity contribution in [3.05, 3.63) is 0 Å². The van der Waals surface area contributed by atoms with E-state index in [2.05, 4.69) is 0 Å². The van der Waals surface area contributed by atoms with Crippen molar-refractivity contribution in [2.75, 3.05) is 30.3 Å². The van der Waals surface area contributed by atoms with Crippen molar-refractivity contribution in [2.24, 2.45) is 5.41 Å². The van der Waals surface area contributed by atoms with Gasteiger partial charge in [0.1, 0.15) is 0 Å². The summed E-state index contributed by atoms with van der Waals surface area (Å²) < 4.78 is 22.7. The van der Waals surface area contributed by atoms with Gasteiger partial charge >= 0.3 is 5.97 Å². The van der Waals surface area contributed by atoms with E-state index in [1.807, 2.05) is 0 Å². The van der Waals surface area contributed by atoms with Crippen LogP contribution in [0.3, 0.4) is 0 Å². The van der Waals surface area contributed by atoms with E-state index in [1.54, 1.807) is 11.8 Å². The first-order valence-corrected chi connectivity index (χ1v) is 9.92. The first kappa shape index (κ1) is 16.6. The molecule has 0 aromatic heterocycles. The molecule has 0 aliphatic carbocycles. The number of carboxylic acid groups (broad SMARTS) is 1. The molecule has 2 aliphatic heterocycles. The van der Waals surface area contributed by atoms with E-state index in [1.165, 1.54) is 11.8 Å². The maximum absolute atomic E-state index is 12.1. The summed E-state index contributed by atoms with van der Waals surface area (Å²) in [5.74, 6) is -0.150. The van der Waals surface area contributed by atoms with E-state index < -0.39 is 21.2 Å². The van der Waals surface area contributed by atoms with Gasteiger partial charge in [0.15, 0.2) is 9.84 Å². The Labute approximate surface area is 129 Å². The predicted octanol–water partition coefficient (Wildman–Crippen LogP) is 0.620. The average Bonchev–Trinajstić information content (AvgIpc) is 2.76. The molecule has 2 rings (SSSR count). The van der Waals surface area contributed by atoms with E-state index in [4.69, 9.17) is 5.11 Å². The number of hydrogen-bond acceptors (Lipinski definition) is 5. The molecule has 21 heavy (non-hydrogen) atoms. The topological polar surface area (TPSA) is 91.8 Å². The van der Waals surface area contributed by atoms with E-state index in [9.17, 15) is 18.0 Å². The van der Waals surface area contributed by atoms with Crippen molar-refractivity contribution in [3.63, 3.8) is 0 Å². The number of aliphatic carboxylic acids is 1. The van der Waals surface area contributed by atoms with E-state index in [0.717, 1.165) is 0 Å². The van der Waals surface area contributed by atoms with Crippen molar-refractivity contribution in [2.45, 2.75) is 31.4 Å². The van der Waals surface area contributed by atoms with E-state index in [-0.39, 0.29) is 28.4 Å². The highest BCUT2D eigenvalue weighted by Crippen LogP contribution is 2.31. The number of piperidine rings is 1. The Morgan fingerprint density at radius 3 is 2.43 bits per heavy atom. The van der Waals surface area contributed by atoms with Crippen LogP contribution in [0.15, 0.2) is 0 Å². The smallest absolute Gasteiger partial charge is 0.309 e. The predicted molar refractivity (Wildman–Crippen MR) is 81.1 cm³/mol. The molecule has 1 unspecified atom stereocenters. The molecule has 120 valence electrons. The summed E-state index contributed by atoms with van der Waals surface area (Å²) >= 11 is 1.41. The summed E-state index contributed by atoms with van der Waals surface area (Å²) in [6.07, 6.45) is 1.56. The third-order valence-electron chi connectivity index (χ3n) is 4.37. The van der Waals surface area contributed by atoms with E-state index >= 15 is 0 Å². The Bertz CT molecular complexity index is 523. The lowest BCUT2D eigenvalue weighted by Crippen LogP contribution is -2.45. The number of carbonyl (C=O) groups is 2. The normalized spacial score (nSPS) is 27.5. The molecule has 0 spiro atoms.